The van der Waals surface area contributed by atoms with Crippen molar-refractivity contribution in [3.05, 3.63) is 53.6 Å². The number of amides is 1. The van der Waals surface area contributed by atoms with Gasteiger partial charge in [0.25, 0.3) is 5.91 Å². The molecule has 0 spiro atoms. The van der Waals surface area contributed by atoms with Crippen LogP contribution in [0.4, 0.5) is 5.69 Å². The molecule has 1 N–H and O–H groups in total. The molecule has 0 fully saturated rings. The van der Waals surface area contributed by atoms with E-state index in [2.05, 4.69) is 10.1 Å². The van der Waals surface area contributed by atoms with Gasteiger partial charge < -0.3 is 24.3 Å². The predicted octanol–water partition coefficient (Wildman–Crippen LogP) is 2.29. The summed E-state index contributed by atoms with van der Waals surface area (Å²) >= 11 is 0. The Balaban J connectivity index is 2.04. The molecule has 1 amide bonds. The standard InChI is InChI=1S/C19H19NO7/c1-24-12-8-9-16(25-2)14(10-12)19(23)27-11-17(21)20-15-7-5-4-6-13(15)18(22)26-3/h4-10H,11H2,1-3H3,(H,20,21). The number of anilines is 1. The lowest BCUT2D eigenvalue weighted by molar-refractivity contribution is -0.119. The van der Waals surface area contributed by atoms with E-state index in [1.54, 1.807) is 24.3 Å². The lowest BCUT2D eigenvalue weighted by Gasteiger charge is -2.11. The van der Waals surface area contributed by atoms with Gasteiger partial charge in [-0.25, -0.2) is 9.59 Å². The predicted molar refractivity (Wildman–Crippen MR) is 96.2 cm³/mol. The molecule has 0 atom stereocenters. The highest BCUT2D eigenvalue weighted by atomic mass is 16.5. The van der Waals surface area contributed by atoms with Crippen molar-refractivity contribution in [2.75, 3.05) is 33.3 Å². The van der Waals surface area contributed by atoms with Gasteiger partial charge in [0, 0.05) is 0 Å². The van der Waals surface area contributed by atoms with Gasteiger partial charge in [0.2, 0.25) is 0 Å². The molecule has 2 aromatic carbocycles. The highest BCUT2D eigenvalue weighted by Crippen LogP contribution is 2.24. The molecular formula is C19H19NO7. The topological polar surface area (TPSA) is 100 Å². The first-order chi connectivity index (χ1) is 13.0. The summed E-state index contributed by atoms with van der Waals surface area (Å²) in [5, 5.41) is 2.51. The third kappa shape index (κ3) is 4.97. The van der Waals surface area contributed by atoms with E-state index in [1.807, 2.05) is 0 Å². The first-order valence-corrected chi connectivity index (χ1v) is 7.86. The average molecular weight is 373 g/mol. The summed E-state index contributed by atoms with van der Waals surface area (Å²) in [4.78, 5) is 36.1. The number of benzene rings is 2. The fourth-order valence-corrected chi connectivity index (χ4v) is 2.25. The zero-order valence-corrected chi connectivity index (χ0v) is 15.1. The molecule has 0 saturated heterocycles. The summed E-state index contributed by atoms with van der Waals surface area (Å²) in [6.45, 7) is -0.547. The minimum Gasteiger partial charge on any atom is -0.497 e. The maximum atomic E-state index is 12.3. The van der Waals surface area contributed by atoms with Gasteiger partial charge in [-0.05, 0) is 30.3 Å². The van der Waals surface area contributed by atoms with Crippen molar-refractivity contribution >= 4 is 23.5 Å². The molecule has 27 heavy (non-hydrogen) atoms. The normalized spacial score (nSPS) is 9.89. The summed E-state index contributed by atoms with van der Waals surface area (Å²) < 4.78 is 19.9. The van der Waals surface area contributed by atoms with Crippen LogP contribution in [0.1, 0.15) is 20.7 Å². The van der Waals surface area contributed by atoms with Crippen LogP contribution >= 0.6 is 0 Å². The molecule has 2 aromatic rings. The third-order valence-electron chi connectivity index (χ3n) is 3.57. The number of ether oxygens (including phenoxy) is 4. The lowest BCUT2D eigenvalue weighted by atomic mass is 10.2. The zero-order valence-electron chi connectivity index (χ0n) is 15.1. The molecule has 0 saturated carbocycles. The van der Waals surface area contributed by atoms with Gasteiger partial charge in [0.1, 0.15) is 17.1 Å². The fraction of sp³-hybridized carbons (Fsp3) is 0.211. The SMILES string of the molecule is COC(=O)c1ccccc1NC(=O)COC(=O)c1cc(OC)ccc1OC. The van der Waals surface area contributed by atoms with Crippen LogP contribution in [0, 0.1) is 0 Å². The number of nitrogens with one attached hydrogen (secondary N) is 1. The number of esters is 2. The van der Waals surface area contributed by atoms with Crippen LogP contribution in [0.5, 0.6) is 11.5 Å². The van der Waals surface area contributed by atoms with Gasteiger partial charge in [-0.3, -0.25) is 4.79 Å². The molecule has 142 valence electrons. The second kappa shape index (κ2) is 9.23. The average Bonchev–Trinajstić information content (AvgIpc) is 2.71. The van der Waals surface area contributed by atoms with Crippen LogP contribution in [0.2, 0.25) is 0 Å². The van der Waals surface area contributed by atoms with Crippen molar-refractivity contribution < 1.29 is 33.3 Å². The Morgan fingerprint density at radius 3 is 2.30 bits per heavy atom. The van der Waals surface area contributed by atoms with Gasteiger partial charge in [-0.2, -0.15) is 0 Å². The number of methoxy groups -OCH3 is 3. The minimum atomic E-state index is -0.748. The summed E-state index contributed by atoms with van der Waals surface area (Å²) in [6.07, 6.45) is 0. The van der Waals surface area contributed by atoms with E-state index >= 15 is 0 Å². The molecular weight excluding hydrogens is 354 g/mol. The highest BCUT2D eigenvalue weighted by Gasteiger charge is 2.18. The van der Waals surface area contributed by atoms with Gasteiger partial charge >= 0.3 is 11.9 Å². The second-order valence-corrected chi connectivity index (χ2v) is 5.23. The molecule has 0 heterocycles. The molecule has 0 aliphatic heterocycles. The van der Waals surface area contributed by atoms with E-state index in [9.17, 15) is 14.4 Å². The first kappa shape index (κ1) is 19.8. The molecule has 0 aliphatic carbocycles. The van der Waals surface area contributed by atoms with E-state index in [-0.39, 0.29) is 22.6 Å². The smallest absolute Gasteiger partial charge is 0.342 e. The van der Waals surface area contributed by atoms with Crippen LogP contribution < -0.4 is 14.8 Å². The molecule has 8 nitrogen and oxygen atoms in total. The van der Waals surface area contributed by atoms with Gasteiger partial charge in [0.15, 0.2) is 6.61 Å². The van der Waals surface area contributed by atoms with E-state index in [0.29, 0.717) is 5.75 Å². The molecule has 0 unspecified atom stereocenters. The number of para-hydroxylation sites is 1. The quantitative estimate of drug-likeness (QED) is 0.743. The maximum absolute atomic E-state index is 12.3. The number of hydrogen-bond acceptors (Lipinski definition) is 7. The summed E-state index contributed by atoms with van der Waals surface area (Å²) in [5.74, 6) is -1.22. The van der Waals surface area contributed by atoms with E-state index in [4.69, 9.17) is 14.2 Å². The summed E-state index contributed by atoms with van der Waals surface area (Å²) in [5.41, 5.74) is 0.568. The number of carbonyl (C=O) groups is 3. The van der Waals surface area contributed by atoms with Crippen LogP contribution in [0.15, 0.2) is 42.5 Å². The Labute approximate surface area is 156 Å². The molecule has 0 aliphatic rings. The third-order valence-corrected chi connectivity index (χ3v) is 3.57. The monoisotopic (exact) mass is 373 g/mol. The van der Waals surface area contributed by atoms with Crippen LogP contribution in [-0.4, -0.2) is 45.8 Å². The maximum Gasteiger partial charge on any atom is 0.342 e. The van der Waals surface area contributed by atoms with E-state index < -0.39 is 24.5 Å². The summed E-state index contributed by atoms with van der Waals surface area (Å²) in [6, 6.07) is 11.0. The number of rotatable bonds is 7. The first-order valence-electron chi connectivity index (χ1n) is 7.86. The van der Waals surface area contributed by atoms with Crippen molar-refractivity contribution in [3.63, 3.8) is 0 Å². The fourth-order valence-electron chi connectivity index (χ4n) is 2.25. The Morgan fingerprint density at radius 1 is 0.889 bits per heavy atom. The van der Waals surface area contributed by atoms with Crippen molar-refractivity contribution in [3.8, 4) is 11.5 Å². The molecule has 0 aromatic heterocycles. The largest absolute Gasteiger partial charge is 0.497 e. The Morgan fingerprint density at radius 2 is 1.63 bits per heavy atom. The van der Waals surface area contributed by atoms with Crippen molar-refractivity contribution in [1.82, 2.24) is 0 Å². The number of carbonyl (C=O) groups excluding carboxylic acids is 3. The summed E-state index contributed by atoms with van der Waals surface area (Å²) in [7, 11) is 4.11. The van der Waals surface area contributed by atoms with Gasteiger partial charge in [0.05, 0.1) is 32.6 Å². The van der Waals surface area contributed by atoms with Crippen LogP contribution in [-0.2, 0) is 14.3 Å². The second-order valence-electron chi connectivity index (χ2n) is 5.23. The molecule has 0 bridgehead atoms. The number of hydrogen-bond donors (Lipinski definition) is 1. The van der Waals surface area contributed by atoms with Gasteiger partial charge in [-0.1, -0.05) is 12.1 Å². The molecule has 8 heteroatoms. The van der Waals surface area contributed by atoms with Crippen LogP contribution in [0.3, 0.4) is 0 Å². The minimum absolute atomic E-state index is 0.125. The van der Waals surface area contributed by atoms with Crippen molar-refractivity contribution in [2.24, 2.45) is 0 Å². The Bertz CT molecular complexity index is 848. The lowest BCUT2D eigenvalue weighted by Crippen LogP contribution is -2.22. The highest BCUT2D eigenvalue weighted by molar-refractivity contribution is 6.02. The molecule has 2 rings (SSSR count). The Kier molecular flexibility index (Phi) is 6.76. The molecule has 0 radical (unpaired) electrons. The van der Waals surface area contributed by atoms with Crippen LogP contribution in [0.25, 0.3) is 0 Å². The van der Waals surface area contributed by atoms with Gasteiger partial charge in [-0.15, -0.1) is 0 Å². The Hall–Kier alpha value is -3.55. The van der Waals surface area contributed by atoms with E-state index in [0.717, 1.165) is 0 Å². The van der Waals surface area contributed by atoms with E-state index in [1.165, 1.54) is 39.5 Å². The zero-order chi connectivity index (χ0) is 19.8. The van der Waals surface area contributed by atoms with Crippen molar-refractivity contribution in [1.29, 1.82) is 0 Å². The van der Waals surface area contributed by atoms with Crippen molar-refractivity contribution in [2.45, 2.75) is 0 Å².